The molecule has 0 unspecified atom stereocenters. The highest BCUT2D eigenvalue weighted by atomic mass is 35.5. The summed E-state index contributed by atoms with van der Waals surface area (Å²) in [6.07, 6.45) is 12.3. The van der Waals surface area contributed by atoms with E-state index in [9.17, 15) is 0 Å². The second-order valence-electron chi connectivity index (χ2n) is 7.72. The molecule has 1 aromatic rings. The standard InChI is InChI=1S/C20H30ClN/c1-20(13-4-5-14-20)22-15-12-16-8-10-17(11-9-16)18-6-2-3-7-19(18)21/h2-3,6-7,16-17,22H,4-5,8-15H2,1H3. The number of nitrogens with one attached hydrogen (secondary N) is 1. The normalized spacial score (nSPS) is 27.9. The molecule has 2 saturated carbocycles. The Bertz CT molecular complexity index is 470. The lowest BCUT2D eigenvalue weighted by Gasteiger charge is -2.31. The van der Waals surface area contributed by atoms with Gasteiger partial charge in [-0.3, -0.25) is 0 Å². The number of rotatable bonds is 5. The molecule has 0 spiro atoms. The fraction of sp³-hybridized carbons (Fsp3) is 0.700. The Kier molecular flexibility index (Phi) is 5.46. The van der Waals surface area contributed by atoms with Crippen molar-refractivity contribution in [2.75, 3.05) is 6.54 Å². The monoisotopic (exact) mass is 319 g/mol. The molecule has 0 aromatic heterocycles. The maximum atomic E-state index is 6.36. The Morgan fingerprint density at radius 1 is 1.09 bits per heavy atom. The number of hydrogen-bond donors (Lipinski definition) is 1. The Hall–Kier alpha value is -0.530. The molecular formula is C20H30ClN. The van der Waals surface area contributed by atoms with Crippen LogP contribution < -0.4 is 5.32 Å². The van der Waals surface area contributed by atoms with E-state index in [4.69, 9.17) is 11.6 Å². The van der Waals surface area contributed by atoms with Crippen molar-refractivity contribution < 1.29 is 0 Å². The summed E-state index contributed by atoms with van der Waals surface area (Å²) in [5, 5.41) is 4.80. The van der Waals surface area contributed by atoms with Gasteiger partial charge >= 0.3 is 0 Å². The molecule has 1 aromatic carbocycles. The predicted octanol–water partition coefficient (Wildman–Crippen LogP) is 5.93. The lowest BCUT2D eigenvalue weighted by Crippen LogP contribution is -2.40. The Labute approximate surface area is 140 Å². The third kappa shape index (κ3) is 4.06. The molecule has 0 amide bonds. The molecular weight excluding hydrogens is 290 g/mol. The van der Waals surface area contributed by atoms with E-state index >= 15 is 0 Å². The van der Waals surface area contributed by atoms with E-state index in [1.807, 2.05) is 12.1 Å². The molecule has 2 heteroatoms. The first-order valence-electron chi connectivity index (χ1n) is 9.16. The molecule has 2 fully saturated rings. The predicted molar refractivity (Wildman–Crippen MR) is 95.6 cm³/mol. The van der Waals surface area contributed by atoms with E-state index in [1.165, 1.54) is 69.9 Å². The van der Waals surface area contributed by atoms with Gasteiger partial charge in [-0.05, 0) is 81.9 Å². The van der Waals surface area contributed by atoms with Gasteiger partial charge in [0.15, 0.2) is 0 Å². The average Bonchev–Trinajstić information content (AvgIpc) is 2.96. The summed E-state index contributed by atoms with van der Waals surface area (Å²) in [6.45, 7) is 3.62. The summed E-state index contributed by atoms with van der Waals surface area (Å²) >= 11 is 6.36. The Morgan fingerprint density at radius 3 is 2.45 bits per heavy atom. The third-order valence-electron chi connectivity index (χ3n) is 6.00. The molecule has 22 heavy (non-hydrogen) atoms. The molecule has 0 heterocycles. The van der Waals surface area contributed by atoms with Crippen molar-refractivity contribution in [1.29, 1.82) is 0 Å². The van der Waals surface area contributed by atoms with E-state index in [-0.39, 0.29) is 0 Å². The van der Waals surface area contributed by atoms with E-state index in [0.717, 1.165) is 10.9 Å². The topological polar surface area (TPSA) is 12.0 Å². The van der Waals surface area contributed by atoms with Crippen LogP contribution in [0.4, 0.5) is 0 Å². The van der Waals surface area contributed by atoms with Crippen molar-refractivity contribution in [2.24, 2.45) is 5.92 Å². The van der Waals surface area contributed by atoms with Gasteiger partial charge in [0.05, 0.1) is 0 Å². The minimum absolute atomic E-state index is 0.439. The first kappa shape index (κ1) is 16.3. The van der Waals surface area contributed by atoms with Crippen molar-refractivity contribution in [3.05, 3.63) is 34.9 Å². The summed E-state index contributed by atoms with van der Waals surface area (Å²) in [5.74, 6) is 1.60. The van der Waals surface area contributed by atoms with Crippen LogP contribution in [-0.2, 0) is 0 Å². The average molecular weight is 320 g/mol. The first-order chi connectivity index (χ1) is 10.7. The van der Waals surface area contributed by atoms with Crippen LogP contribution in [0.25, 0.3) is 0 Å². The Balaban J connectivity index is 1.41. The van der Waals surface area contributed by atoms with Gasteiger partial charge in [-0.2, -0.15) is 0 Å². The third-order valence-corrected chi connectivity index (χ3v) is 6.35. The molecule has 0 radical (unpaired) electrons. The SMILES string of the molecule is CC1(NCCC2CCC(c3ccccc3Cl)CC2)CCCC1. The Morgan fingerprint density at radius 2 is 1.77 bits per heavy atom. The summed E-state index contributed by atoms with van der Waals surface area (Å²) in [7, 11) is 0. The zero-order valence-electron chi connectivity index (χ0n) is 13.9. The smallest absolute Gasteiger partial charge is 0.0440 e. The minimum Gasteiger partial charge on any atom is -0.312 e. The van der Waals surface area contributed by atoms with Gasteiger partial charge in [-0.25, -0.2) is 0 Å². The molecule has 0 aliphatic heterocycles. The van der Waals surface area contributed by atoms with Crippen LogP contribution in [0.2, 0.25) is 5.02 Å². The highest BCUT2D eigenvalue weighted by molar-refractivity contribution is 6.31. The van der Waals surface area contributed by atoms with E-state index in [2.05, 4.69) is 24.4 Å². The summed E-state index contributed by atoms with van der Waals surface area (Å²) in [5.41, 5.74) is 1.81. The lowest BCUT2D eigenvalue weighted by atomic mass is 9.77. The maximum absolute atomic E-state index is 6.36. The van der Waals surface area contributed by atoms with Crippen molar-refractivity contribution in [1.82, 2.24) is 5.32 Å². The summed E-state index contributed by atoms with van der Waals surface area (Å²) in [4.78, 5) is 0. The molecule has 122 valence electrons. The maximum Gasteiger partial charge on any atom is 0.0440 e. The van der Waals surface area contributed by atoms with Crippen LogP contribution in [0.5, 0.6) is 0 Å². The molecule has 0 bridgehead atoms. The van der Waals surface area contributed by atoms with E-state index in [0.29, 0.717) is 11.5 Å². The number of benzene rings is 1. The van der Waals surface area contributed by atoms with Crippen LogP contribution in [0, 0.1) is 5.92 Å². The molecule has 2 aliphatic carbocycles. The molecule has 2 aliphatic rings. The van der Waals surface area contributed by atoms with Crippen molar-refractivity contribution in [3.8, 4) is 0 Å². The fourth-order valence-corrected chi connectivity index (χ4v) is 4.77. The van der Waals surface area contributed by atoms with Crippen LogP contribution in [0.3, 0.4) is 0 Å². The zero-order chi connectivity index (χ0) is 15.4. The molecule has 0 saturated heterocycles. The van der Waals surface area contributed by atoms with Gasteiger partial charge in [0.25, 0.3) is 0 Å². The molecule has 1 nitrogen and oxygen atoms in total. The van der Waals surface area contributed by atoms with E-state index in [1.54, 1.807) is 0 Å². The van der Waals surface area contributed by atoms with Gasteiger partial charge in [0.2, 0.25) is 0 Å². The largest absolute Gasteiger partial charge is 0.312 e. The van der Waals surface area contributed by atoms with Crippen molar-refractivity contribution >= 4 is 11.6 Å². The highest BCUT2D eigenvalue weighted by Gasteiger charge is 2.28. The van der Waals surface area contributed by atoms with Crippen LogP contribution in [-0.4, -0.2) is 12.1 Å². The number of hydrogen-bond acceptors (Lipinski definition) is 1. The highest BCUT2D eigenvalue weighted by Crippen LogP contribution is 2.39. The number of halogens is 1. The first-order valence-corrected chi connectivity index (χ1v) is 9.53. The minimum atomic E-state index is 0.439. The van der Waals surface area contributed by atoms with E-state index < -0.39 is 0 Å². The van der Waals surface area contributed by atoms with Gasteiger partial charge < -0.3 is 5.32 Å². The summed E-state index contributed by atoms with van der Waals surface area (Å²) in [6, 6.07) is 8.41. The second-order valence-corrected chi connectivity index (χ2v) is 8.13. The fourth-order valence-electron chi connectivity index (χ4n) is 4.48. The van der Waals surface area contributed by atoms with Crippen molar-refractivity contribution in [3.63, 3.8) is 0 Å². The quantitative estimate of drug-likeness (QED) is 0.709. The van der Waals surface area contributed by atoms with Gasteiger partial charge in [-0.15, -0.1) is 0 Å². The van der Waals surface area contributed by atoms with Gasteiger partial charge in [0, 0.05) is 10.6 Å². The molecule has 0 atom stereocenters. The van der Waals surface area contributed by atoms with Crippen molar-refractivity contribution in [2.45, 2.75) is 76.2 Å². The van der Waals surface area contributed by atoms with Crippen LogP contribution in [0.1, 0.15) is 76.2 Å². The van der Waals surface area contributed by atoms with Crippen LogP contribution >= 0.6 is 11.6 Å². The van der Waals surface area contributed by atoms with Gasteiger partial charge in [-0.1, -0.05) is 42.6 Å². The van der Waals surface area contributed by atoms with Crippen LogP contribution in [0.15, 0.2) is 24.3 Å². The molecule has 1 N–H and O–H groups in total. The zero-order valence-corrected chi connectivity index (χ0v) is 14.7. The molecule has 3 rings (SSSR count). The second kappa shape index (κ2) is 7.36. The summed E-state index contributed by atoms with van der Waals surface area (Å²) < 4.78 is 0. The lowest BCUT2D eigenvalue weighted by molar-refractivity contribution is 0.285. The van der Waals surface area contributed by atoms with Gasteiger partial charge in [0.1, 0.15) is 0 Å².